The van der Waals surface area contributed by atoms with Crippen molar-refractivity contribution in [3.05, 3.63) is 11.8 Å². The Morgan fingerprint density at radius 2 is 2.07 bits per heavy atom. The van der Waals surface area contributed by atoms with E-state index in [1.807, 2.05) is 13.0 Å². The maximum atomic E-state index is 4.11. The fourth-order valence-corrected chi connectivity index (χ4v) is 1.45. The maximum Gasteiger partial charge on any atom is 0.148 e. The molecule has 1 heterocycles. The van der Waals surface area contributed by atoms with Gasteiger partial charge in [0.25, 0.3) is 0 Å². The molecule has 1 rings (SSSR count). The van der Waals surface area contributed by atoms with Gasteiger partial charge in [0.1, 0.15) is 5.82 Å². The molecule has 3 nitrogen and oxygen atoms in total. The molecule has 0 aliphatic heterocycles. The molecule has 80 valence electrons. The summed E-state index contributed by atoms with van der Waals surface area (Å²) in [7, 11) is 0. The Hall–Kier alpha value is -0.990. The standard InChI is InChI=1S/C11H21N3/c1-3-4-5-6-7-8-12-11-9-10(2)13-14-11/h9H,3-8H2,1-2H3,(H2,12,13,14). The van der Waals surface area contributed by atoms with Gasteiger partial charge in [-0.3, -0.25) is 5.10 Å². The summed E-state index contributed by atoms with van der Waals surface area (Å²) < 4.78 is 0. The Morgan fingerprint density at radius 3 is 2.71 bits per heavy atom. The highest BCUT2D eigenvalue weighted by Crippen LogP contribution is 2.05. The van der Waals surface area contributed by atoms with Crippen LogP contribution in [-0.4, -0.2) is 16.7 Å². The van der Waals surface area contributed by atoms with Crippen molar-refractivity contribution in [1.29, 1.82) is 0 Å². The summed E-state index contributed by atoms with van der Waals surface area (Å²) in [6.45, 7) is 5.29. The molecule has 0 saturated carbocycles. The third-order valence-electron chi connectivity index (χ3n) is 2.29. The van der Waals surface area contributed by atoms with Crippen molar-refractivity contribution in [2.45, 2.75) is 46.0 Å². The highest BCUT2D eigenvalue weighted by atomic mass is 15.2. The van der Waals surface area contributed by atoms with Gasteiger partial charge in [0, 0.05) is 18.3 Å². The van der Waals surface area contributed by atoms with E-state index in [0.29, 0.717) is 0 Å². The van der Waals surface area contributed by atoms with Crippen LogP contribution in [-0.2, 0) is 0 Å². The average Bonchev–Trinajstić information content (AvgIpc) is 2.58. The van der Waals surface area contributed by atoms with Crippen molar-refractivity contribution in [3.8, 4) is 0 Å². The van der Waals surface area contributed by atoms with Crippen LogP contribution >= 0.6 is 0 Å². The second kappa shape index (κ2) is 6.46. The summed E-state index contributed by atoms with van der Waals surface area (Å²) in [6.07, 6.45) is 6.60. The van der Waals surface area contributed by atoms with Gasteiger partial charge in [0.05, 0.1) is 0 Å². The van der Waals surface area contributed by atoms with Crippen LogP contribution in [0, 0.1) is 6.92 Å². The summed E-state index contributed by atoms with van der Waals surface area (Å²) in [5.74, 6) is 0.970. The molecule has 0 amide bonds. The topological polar surface area (TPSA) is 40.7 Å². The molecule has 0 aliphatic carbocycles. The second-order valence-electron chi connectivity index (χ2n) is 3.78. The molecule has 3 heteroatoms. The number of anilines is 1. The Balaban J connectivity index is 1.99. The van der Waals surface area contributed by atoms with E-state index in [1.54, 1.807) is 0 Å². The average molecular weight is 195 g/mol. The lowest BCUT2D eigenvalue weighted by atomic mass is 10.1. The van der Waals surface area contributed by atoms with Gasteiger partial charge in [-0.05, 0) is 13.3 Å². The van der Waals surface area contributed by atoms with Crippen molar-refractivity contribution in [1.82, 2.24) is 10.2 Å². The van der Waals surface area contributed by atoms with E-state index in [9.17, 15) is 0 Å². The SMILES string of the molecule is CCCCCCCNc1cc(C)[nH]n1. The fourth-order valence-electron chi connectivity index (χ4n) is 1.45. The maximum absolute atomic E-state index is 4.11. The number of nitrogens with one attached hydrogen (secondary N) is 2. The van der Waals surface area contributed by atoms with Crippen LogP contribution in [0.5, 0.6) is 0 Å². The first-order valence-electron chi connectivity index (χ1n) is 5.59. The zero-order chi connectivity index (χ0) is 10.2. The molecule has 1 aromatic heterocycles. The number of aromatic amines is 1. The predicted molar refractivity (Wildman–Crippen MR) is 60.6 cm³/mol. The Labute approximate surface area is 86.3 Å². The van der Waals surface area contributed by atoms with Crippen molar-refractivity contribution >= 4 is 5.82 Å². The van der Waals surface area contributed by atoms with E-state index < -0.39 is 0 Å². The smallest absolute Gasteiger partial charge is 0.148 e. The quantitative estimate of drug-likeness (QED) is 0.656. The molecular formula is C11H21N3. The molecule has 0 fully saturated rings. The minimum absolute atomic E-state index is 0.970. The number of hydrogen-bond donors (Lipinski definition) is 2. The van der Waals surface area contributed by atoms with Crippen LogP contribution in [0.1, 0.15) is 44.7 Å². The zero-order valence-electron chi connectivity index (χ0n) is 9.27. The monoisotopic (exact) mass is 195 g/mol. The minimum Gasteiger partial charge on any atom is -0.369 e. The van der Waals surface area contributed by atoms with Gasteiger partial charge in [0.2, 0.25) is 0 Å². The van der Waals surface area contributed by atoms with Crippen molar-refractivity contribution in [2.24, 2.45) is 0 Å². The van der Waals surface area contributed by atoms with Crippen LogP contribution in [0.4, 0.5) is 5.82 Å². The lowest BCUT2D eigenvalue weighted by Crippen LogP contribution is -2.01. The van der Waals surface area contributed by atoms with Crippen LogP contribution in [0.2, 0.25) is 0 Å². The summed E-state index contributed by atoms with van der Waals surface area (Å²) in [4.78, 5) is 0. The highest BCUT2D eigenvalue weighted by molar-refractivity contribution is 5.34. The number of H-pyrrole nitrogens is 1. The summed E-state index contributed by atoms with van der Waals surface area (Å²) in [6, 6.07) is 2.03. The second-order valence-corrected chi connectivity index (χ2v) is 3.78. The molecule has 0 radical (unpaired) electrons. The van der Waals surface area contributed by atoms with E-state index in [0.717, 1.165) is 18.1 Å². The number of rotatable bonds is 7. The van der Waals surface area contributed by atoms with E-state index >= 15 is 0 Å². The molecule has 0 bridgehead atoms. The summed E-state index contributed by atoms with van der Waals surface area (Å²) in [5, 5.41) is 10.3. The van der Waals surface area contributed by atoms with Gasteiger partial charge in [-0.1, -0.05) is 32.6 Å². The first-order valence-corrected chi connectivity index (χ1v) is 5.59. The number of aryl methyl sites for hydroxylation is 1. The van der Waals surface area contributed by atoms with Gasteiger partial charge < -0.3 is 5.32 Å². The molecule has 0 unspecified atom stereocenters. The van der Waals surface area contributed by atoms with Gasteiger partial charge >= 0.3 is 0 Å². The lowest BCUT2D eigenvalue weighted by Gasteiger charge is -2.01. The van der Waals surface area contributed by atoms with Gasteiger partial charge in [0.15, 0.2) is 0 Å². The molecule has 0 spiro atoms. The Morgan fingerprint density at radius 1 is 1.29 bits per heavy atom. The van der Waals surface area contributed by atoms with Crippen LogP contribution in [0.15, 0.2) is 6.07 Å². The number of aromatic nitrogens is 2. The first kappa shape index (κ1) is 11.1. The molecule has 0 aliphatic rings. The molecule has 14 heavy (non-hydrogen) atoms. The normalized spacial score (nSPS) is 10.4. The van der Waals surface area contributed by atoms with Crippen LogP contribution in [0.25, 0.3) is 0 Å². The van der Waals surface area contributed by atoms with Crippen molar-refractivity contribution < 1.29 is 0 Å². The van der Waals surface area contributed by atoms with E-state index in [2.05, 4.69) is 22.4 Å². The number of hydrogen-bond acceptors (Lipinski definition) is 2. The minimum atomic E-state index is 0.970. The summed E-state index contributed by atoms with van der Waals surface area (Å²) >= 11 is 0. The van der Waals surface area contributed by atoms with Crippen molar-refractivity contribution in [3.63, 3.8) is 0 Å². The fraction of sp³-hybridized carbons (Fsp3) is 0.727. The first-order chi connectivity index (χ1) is 6.83. The number of nitrogens with zero attached hydrogens (tertiary/aromatic N) is 1. The molecule has 0 aromatic carbocycles. The third-order valence-corrected chi connectivity index (χ3v) is 2.29. The van der Waals surface area contributed by atoms with Crippen LogP contribution < -0.4 is 5.32 Å². The Kier molecular flexibility index (Phi) is 5.12. The van der Waals surface area contributed by atoms with E-state index in [1.165, 1.54) is 32.1 Å². The van der Waals surface area contributed by atoms with Gasteiger partial charge in [-0.15, -0.1) is 0 Å². The van der Waals surface area contributed by atoms with E-state index in [-0.39, 0.29) is 0 Å². The molecule has 1 aromatic rings. The largest absolute Gasteiger partial charge is 0.369 e. The Bertz CT molecular complexity index is 242. The zero-order valence-corrected chi connectivity index (χ0v) is 9.27. The van der Waals surface area contributed by atoms with Gasteiger partial charge in [-0.25, -0.2) is 0 Å². The van der Waals surface area contributed by atoms with E-state index in [4.69, 9.17) is 0 Å². The molecule has 0 atom stereocenters. The van der Waals surface area contributed by atoms with Crippen LogP contribution in [0.3, 0.4) is 0 Å². The van der Waals surface area contributed by atoms with Crippen molar-refractivity contribution in [2.75, 3.05) is 11.9 Å². The lowest BCUT2D eigenvalue weighted by molar-refractivity contribution is 0.644. The predicted octanol–water partition coefficient (Wildman–Crippen LogP) is 3.10. The number of unbranched alkanes of at least 4 members (excludes halogenated alkanes) is 4. The molecular weight excluding hydrogens is 174 g/mol. The molecule has 0 saturated heterocycles. The third kappa shape index (κ3) is 4.30. The summed E-state index contributed by atoms with van der Waals surface area (Å²) in [5.41, 5.74) is 1.11. The molecule has 2 N–H and O–H groups in total. The van der Waals surface area contributed by atoms with Gasteiger partial charge in [-0.2, -0.15) is 5.10 Å². The highest BCUT2D eigenvalue weighted by Gasteiger charge is 1.95.